The molecule has 2 heterocycles. The Kier molecular flexibility index (Phi) is 4.83. The van der Waals surface area contributed by atoms with Crippen LogP contribution < -0.4 is 0 Å². The lowest BCUT2D eigenvalue weighted by molar-refractivity contribution is -0.0698. The highest BCUT2D eigenvalue weighted by Gasteiger charge is 2.37. The SMILES string of the molecule is CC1CCOCC(N2CCN(C)CC2)O[Si]1(C)C. The molecule has 2 saturated heterocycles. The molecule has 18 heavy (non-hydrogen) atoms. The fourth-order valence-electron chi connectivity index (χ4n) is 2.58. The minimum atomic E-state index is -1.58. The number of rotatable bonds is 1. The second-order valence-electron chi connectivity index (χ2n) is 6.28. The fraction of sp³-hybridized carbons (Fsp3) is 1.00. The van der Waals surface area contributed by atoms with Crippen LogP contribution in [-0.4, -0.2) is 70.8 Å². The van der Waals surface area contributed by atoms with E-state index in [0.717, 1.165) is 45.8 Å². The summed E-state index contributed by atoms with van der Waals surface area (Å²) in [4.78, 5) is 4.85. The van der Waals surface area contributed by atoms with Gasteiger partial charge in [-0.3, -0.25) is 4.90 Å². The second kappa shape index (κ2) is 6.01. The zero-order valence-corrected chi connectivity index (χ0v) is 13.3. The first-order chi connectivity index (χ1) is 8.49. The van der Waals surface area contributed by atoms with E-state index < -0.39 is 8.32 Å². The lowest BCUT2D eigenvalue weighted by atomic mass is 10.3. The van der Waals surface area contributed by atoms with Gasteiger partial charge in [0, 0.05) is 32.8 Å². The van der Waals surface area contributed by atoms with Crippen molar-refractivity contribution in [2.24, 2.45) is 0 Å². The highest BCUT2D eigenvalue weighted by molar-refractivity contribution is 6.72. The normalized spacial score (nSPS) is 36.0. The third-order valence-electron chi connectivity index (χ3n) is 4.53. The number of likely N-dealkylation sites (N-methyl/N-ethyl adjacent to an activating group) is 1. The highest BCUT2D eigenvalue weighted by Crippen LogP contribution is 2.29. The molecule has 5 heteroatoms. The van der Waals surface area contributed by atoms with Crippen molar-refractivity contribution >= 4 is 8.32 Å². The van der Waals surface area contributed by atoms with Gasteiger partial charge in [0.2, 0.25) is 0 Å². The van der Waals surface area contributed by atoms with E-state index in [0.29, 0.717) is 5.54 Å². The smallest absolute Gasteiger partial charge is 0.191 e. The van der Waals surface area contributed by atoms with Crippen LogP contribution in [0.25, 0.3) is 0 Å². The van der Waals surface area contributed by atoms with Crippen molar-refractivity contribution in [3.63, 3.8) is 0 Å². The number of hydrogen-bond donors (Lipinski definition) is 0. The Morgan fingerprint density at radius 1 is 1.11 bits per heavy atom. The van der Waals surface area contributed by atoms with Crippen molar-refractivity contribution in [3.05, 3.63) is 0 Å². The molecular weight excluding hydrogens is 244 g/mol. The zero-order valence-electron chi connectivity index (χ0n) is 12.3. The fourth-order valence-corrected chi connectivity index (χ4v) is 4.55. The Labute approximate surface area is 112 Å². The maximum atomic E-state index is 6.49. The molecule has 0 spiro atoms. The van der Waals surface area contributed by atoms with Gasteiger partial charge in [0.25, 0.3) is 0 Å². The van der Waals surface area contributed by atoms with E-state index in [1.165, 1.54) is 0 Å². The van der Waals surface area contributed by atoms with E-state index in [9.17, 15) is 0 Å². The van der Waals surface area contributed by atoms with E-state index in [2.05, 4.69) is 36.9 Å². The lowest BCUT2D eigenvalue weighted by Crippen LogP contribution is -2.55. The van der Waals surface area contributed by atoms with Crippen LogP contribution in [0.1, 0.15) is 13.3 Å². The molecule has 0 radical (unpaired) electrons. The average molecular weight is 272 g/mol. The van der Waals surface area contributed by atoms with Crippen LogP contribution in [0.5, 0.6) is 0 Å². The van der Waals surface area contributed by atoms with Crippen LogP contribution in [0.15, 0.2) is 0 Å². The van der Waals surface area contributed by atoms with Crippen LogP contribution in [0.4, 0.5) is 0 Å². The summed E-state index contributed by atoms with van der Waals surface area (Å²) in [5.74, 6) is 0. The maximum Gasteiger partial charge on any atom is 0.191 e. The van der Waals surface area contributed by atoms with E-state index in [1.54, 1.807) is 0 Å². The van der Waals surface area contributed by atoms with E-state index in [4.69, 9.17) is 9.16 Å². The summed E-state index contributed by atoms with van der Waals surface area (Å²) in [7, 11) is 0.612. The Hall–Kier alpha value is 0.0569. The van der Waals surface area contributed by atoms with Gasteiger partial charge in [0.1, 0.15) is 6.23 Å². The van der Waals surface area contributed by atoms with Gasteiger partial charge in [-0.25, -0.2) is 0 Å². The molecule has 4 nitrogen and oxygen atoms in total. The monoisotopic (exact) mass is 272 g/mol. The third kappa shape index (κ3) is 3.54. The minimum absolute atomic E-state index is 0.183. The number of piperazine rings is 1. The quantitative estimate of drug-likeness (QED) is 0.677. The van der Waals surface area contributed by atoms with Gasteiger partial charge in [0.05, 0.1) is 6.61 Å². The molecule has 2 fully saturated rings. The molecule has 2 atom stereocenters. The van der Waals surface area contributed by atoms with E-state index in [-0.39, 0.29) is 6.23 Å². The molecule has 2 aliphatic heterocycles. The number of ether oxygens (including phenoxy) is 1. The van der Waals surface area contributed by atoms with Crippen LogP contribution >= 0.6 is 0 Å². The summed E-state index contributed by atoms with van der Waals surface area (Å²) in [6.45, 7) is 13.1. The number of nitrogens with zero attached hydrogens (tertiary/aromatic N) is 2. The summed E-state index contributed by atoms with van der Waals surface area (Å²) >= 11 is 0. The third-order valence-corrected chi connectivity index (χ3v) is 8.07. The average Bonchev–Trinajstić information content (AvgIpc) is 2.32. The molecule has 0 amide bonds. The second-order valence-corrected chi connectivity index (χ2v) is 10.7. The number of hydrogen-bond acceptors (Lipinski definition) is 4. The van der Waals surface area contributed by atoms with Crippen molar-refractivity contribution in [2.45, 2.75) is 38.2 Å². The summed E-state index contributed by atoms with van der Waals surface area (Å²) in [6, 6.07) is 0. The Morgan fingerprint density at radius 2 is 1.78 bits per heavy atom. The standard InChI is InChI=1S/C13H28N2O2Si/c1-12-5-10-16-11-13(17-18(12,3)4)15-8-6-14(2)7-9-15/h12-13H,5-11H2,1-4H3. The predicted octanol–water partition coefficient (Wildman–Crippen LogP) is 1.59. The first kappa shape index (κ1) is 14.5. The molecular formula is C13H28N2O2Si. The molecule has 0 bridgehead atoms. The molecule has 0 aliphatic carbocycles. The van der Waals surface area contributed by atoms with Crippen LogP contribution in [-0.2, 0) is 9.16 Å². The van der Waals surface area contributed by atoms with E-state index >= 15 is 0 Å². The van der Waals surface area contributed by atoms with Gasteiger partial charge in [-0.2, -0.15) is 0 Å². The molecule has 106 valence electrons. The Balaban J connectivity index is 1.97. The van der Waals surface area contributed by atoms with Crippen LogP contribution in [0.3, 0.4) is 0 Å². The predicted molar refractivity (Wildman–Crippen MR) is 76.3 cm³/mol. The summed E-state index contributed by atoms with van der Waals surface area (Å²) in [6.07, 6.45) is 1.33. The van der Waals surface area contributed by atoms with Gasteiger partial charge < -0.3 is 14.1 Å². The van der Waals surface area contributed by atoms with Crippen LogP contribution in [0, 0.1) is 0 Å². The van der Waals surface area contributed by atoms with Crippen molar-refractivity contribution in [1.29, 1.82) is 0 Å². The van der Waals surface area contributed by atoms with Crippen molar-refractivity contribution in [1.82, 2.24) is 9.80 Å². The summed E-state index contributed by atoms with van der Waals surface area (Å²) in [5, 5.41) is 0. The highest BCUT2D eigenvalue weighted by atomic mass is 28.4. The maximum absolute atomic E-state index is 6.49. The molecule has 0 aromatic rings. The van der Waals surface area contributed by atoms with Crippen molar-refractivity contribution < 1.29 is 9.16 Å². The molecule has 2 unspecified atom stereocenters. The molecule has 2 rings (SSSR count). The Bertz CT molecular complexity index is 268. The van der Waals surface area contributed by atoms with Gasteiger partial charge in [-0.1, -0.05) is 6.92 Å². The molecule has 0 aromatic carbocycles. The Morgan fingerprint density at radius 3 is 2.44 bits per heavy atom. The van der Waals surface area contributed by atoms with Gasteiger partial charge >= 0.3 is 0 Å². The summed E-state index contributed by atoms with van der Waals surface area (Å²) in [5.41, 5.74) is 0.674. The molecule has 0 N–H and O–H groups in total. The van der Waals surface area contributed by atoms with E-state index in [1.807, 2.05) is 0 Å². The first-order valence-corrected chi connectivity index (χ1v) is 10.2. The topological polar surface area (TPSA) is 24.9 Å². The lowest BCUT2D eigenvalue weighted by Gasteiger charge is -2.43. The summed E-state index contributed by atoms with van der Waals surface area (Å²) < 4.78 is 12.3. The van der Waals surface area contributed by atoms with Gasteiger partial charge in [-0.15, -0.1) is 0 Å². The largest absolute Gasteiger partial charge is 0.400 e. The molecule has 0 saturated carbocycles. The van der Waals surface area contributed by atoms with Crippen molar-refractivity contribution in [3.8, 4) is 0 Å². The zero-order chi connectivity index (χ0) is 13.2. The molecule has 0 aromatic heterocycles. The van der Waals surface area contributed by atoms with Crippen molar-refractivity contribution in [2.75, 3.05) is 46.4 Å². The van der Waals surface area contributed by atoms with Gasteiger partial charge in [0.15, 0.2) is 8.32 Å². The molecule has 2 aliphatic rings. The first-order valence-electron chi connectivity index (χ1n) is 7.17. The van der Waals surface area contributed by atoms with Gasteiger partial charge in [-0.05, 0) is 32.1 Å². The minimum Gasteiger partial charge on any atom is -0.400 e. The van der Waals surface area contributed by atoms with Crippen LogP contribution in [0.2, 0.25) is 18.6 Å².